The van der Waals surface area contributed by atoms with Crippen molar-refractivity contribution in [1.82, 2.24) is 9.97 Å². The van der Waals surface area contributed by atoms with Crippen molar-refractivity contribution < 1.29 is 19.0 Å². The van der Waals surface area contributed by atoms with Crippen molar-refractivity contribution in [3.8, 4) is 11.5 Å². The number of ether oxygens (including phenoxy) is 3. The summed E-state index contributed by atoms with van der Waals surface area (Å²) in [7, 11) is 4.49. The number of nitrogens with zero attached hydrogens (tertiary/aromatic N) is 2. The van der Waals surface area contributed by atoms with Gasteiger partial charge in [0.25, 0.3) is 0 Å². The van der Waals surface area contributed by atoms with E-state index in [1.165, 1.54) is 13.4 Å². The smallest absolute Gasteiger partial charge is 0.337 e. The molecule has 1 heterocycles. The number of carbonyl (C=O) groups excluding carboxylic acids is 1. The van der Waals surface area contributed by atoms with Gasteiger partial charge in [-0.2, -0.15) is 0 Å². The molecule has 1 aromatic heterocycles. The summed E-state index contributed by atoms with van der Waals surface area (Å²) in [5.41, 5.74) is 1.90. The number of carbonyl (C=O) groups is 1. The quantitative estimate of drug-likeness (QED) is 0.715. The molecule has 0 aliphatic rings. The number of hydrogen-bond donors (Lipinski definition) is 1. The minimum absolute atomic E-state index is 0.379. The highest BCUT2D eigenvalue weighted by molar-refractivity contribution is 5.96. The molecule has 3 rings (SSSR count). The zero-order valence-electron chi connectivity index (χ0n) is 14.1. The first-order valence-electron chi connectivity index (χ1n) is 7.49. The number of fused-ring (bicyclic) bond motifs is 1. The summed E-state index contributed by atoms with van der Waals surface area (Å²) in [6, 6.07) is 10.6. The average Bonchev–Trinajstić information content (AvgIpc) is 2.67. The Morgan fingerprint density at radius 3 is 2.36 bits per heavy atom. The van der Waals surface area contributed by atoms with Crippen LogP contribution in [0.15, 0.2) is 42.7 Å². The van der Waals surface area contributed by atoms with E-state index in [2.05, 4.69) is 15.3 Å². The maximum atomic E-state index is 11.5. The van der Waals surface area contributed by atoms with Crippen LogP contribution in [0.3, 0.4) is 0 Å². The third-order valence-corrected chi connectivity index (χ3v) is 3.72. The molecular weight excluding hydrogens is 322 g/mol. The van der Waals surface area contributed by atoms with E-state index in [0.29, 0.717) is 28.4 Å². The van der Waals surface area contributed by atoms with Gasteiger partial charge in [0.1, 0.15) is 17.7 Å². The molecular formula is C18H17N3O4. The molecule has 7 nitrogen and oxygen atoms in total. The second-order valence-corrected chi connectivity index (χ2v) is 5.11. The molecule has 0 aliphatic carbocycles. The maximum Gasteiger partial charge on any atom is 0.337 e. The molecule has 1 N–H and O–H groups in total. The SMILES string of the molecule is COC(=O)c1ccc(Nc2ncnc3c(OC)c(OC)ccc23)cc1. The summed E-state index contributed by atoms with van der Waals surface area (Å²) in [5, 5.41) is 4.01. The van der Waals surface area contributed by atoms with Gasteiger partial charge < -0.3 is 19.5 Å². The molecule has 0 amide bonds. The molecule has 25 heavy (non-hydrogen) atoms. The minimum atomic E-state index is -0.379. The molecule has 0 aliphatic heterocycles. The maximum absolute atomic E-state index is 11.5. The van der Waals surface area contributed by atoms with Crippen LogP contribution >= 0.6 is 0 Å². The topological polar surface area (TPSA) is 82.6 Å². The lowest BCUT2D eigenvalue weighted by molar-refractivity contribution is 0.0601. The number of rotatable bonds is 5. The first kappa shape index (κ1) is 16.5. The predicted molar refractivity (Wildman–Crippen MR) is 93.7 cm³/mol. The number of hydrogen-bond acceptors (Lipinski definition) is 7. The van der Waals surface area contributed by atoms with Crippen LogP contribution in [0.5, 0.6) is 11.5 Å². The Kier molecular flexibility index (Phi) is 4.65. The standard InChI is InChI=1S/C18H17N3O4/c1-23-14-9-8-13-15(16(14)24-2)19-10-20-17(13)21-12-6-4-11(5-7-12)18(22)25-3/h4-10H,1-3H3,(H,19,20,21). The van der Waals surface area contributed by atoms with Crippen molar-refractivity contribution in [2.75, 3.05) is 26.6 Å². The van der Waals surface area contributed by atoms with Gasteiger partial charge in [-0.25, -0.2) is 14.8 Å². The van der Waals surface area contributed by atoms with Crippen molar-refractivity contribution in [3.05, 3.63) is 48.3 Å². The first-order chi connectivity index (χ1) is 12.2. The molecule has 0 fully saturated rings. The number of esters is 1. The van der Waals surface area contributed by atoms with Gasteiger partial charge in [0.05, 0.1) is 26.9 Å². The lowest BCUT2D eigenvalue weighted by atomic mass is 10.2. The van der Waals surface area contributed by atoms with E-state index in [0.717, 1.165) is 11.1 Å². The molecule has 0 saturated heterocycles. The summed E-state index contributed by atoms with van der Waals surface area (Å²) in [6.45, 7) is 0. The predicted octanol–water partition coefficient (Wildman–Crippen LogP) is 3.18. The van der Waals surface area contributed by atoms with Crippen LogP contribution in [0, 0.1) is 0 Å². The molecule has 128 valence electrons. The molecule has 2 aromatic carbocycles. The van der Waals surface area contributed by atoms with Crippen molar-refractivity contribution >= 4 is 28.4 Å². The summed E-state index contributed by atoms with van der Waals surface area (Å²) in [6.07, 6.45) is 1.45. The van der Waals surface area contributed by atoms with Crippen molar-refractivity contribution in [3.63, 3.8) is 0 Å². The van der Waals surface area contributed by atoms with E-state index >= 15 is 0 Å². The highest BCUT2D eigenvalue weighted by Crippen LogP contribution is 2.36. The molecule has 0 spiro atoms. The van der Waals surface area contributed by atoms with E-state index in [-0.39, 0.29) is 5.97 Å². The van der Waals surface area contributed by atoms with E-state index in [9.17, 15) is 4.79 Å². The van der Waals surface area contributed by atoms with Crippen LogP contribution in [0.4, 0.5) is 11.5 Å². The van der Waals surface area contributed by atoms with Gasteiger partial charge in [-0.15, -0.1) is 0 Å². The number of methoxy groups -OCH3 is 3. The summed E-state index contributed by atoms with van der Waals surface area (Å²) in [4.78, 5) is 20.1. The highest BCUT2D eigenvalue weighted by Gasteiger charge is 2.13. The van der Waals surface area contributed by atoms with Gasteiger partial charge in [-0.1, -0.05) is 0 Å². The molecule has 0 bridgehead atoms. The Hall–Kier alpha value is -3.35. The van der Waals surface area contributed by atoms with E-state index in [4.69, 9.17) is 14.2 Å². The second-order valence-electron chi connectivity index (χ2n) is 5.11. The Labute approximate surface area is 144 Å². The van der Waals surface area contributed by atoms with Gasteiger partial charge in [0.15, 0.2) is 11.5 Å². The van der Waals surface area contributed by atoms with Crippen molar-refractivity contribution in [2.45, 2.75) is 0 Å². The van der Waals surface area contributed by atoms with Crippen LogP contribution in [0.25, 0.3) is 10.9 Å². The minimum Gasteiger partial charge on any atom is -0.493 e. The summed E-state index contributed by atoms with van der Waals surface area (Å²) < 4.78 is 15.4. The zero-order chi connectivity index (χ0) is 17.8. The molecule has 3 aromatic rings. The second kappa shape index (κ2) is 7.04. The van der Waals surface area contributed by atoms with E-state index in [1.54, 1.807) is 44.6 Å². The van der Waals surface area contributed by atoms with Crippen molar-refractivity contribution in [1.29, 1.82) is 0 Å². The summed E-state index contributed by atoms with van der Waals surface area (Å²) in [5.74, 6) is 1.39. The van der Waals surface area contributed by atoms with Crippen LogP contribution < -0.4 is 14.8 Å². The third kappa shape index (κ3) is 3.16. The average molecular weight is 339 g/mol. The fourth-order valence-electron chi connectivity index (χ4n) is 2.49. The molecule has 0 saturated carbocycles. The fourth-order valence-corrected chi connectivity index (χ4v) is 2.49. The lowest BCUT2D eigenvalue weighted by Gasteiger charge is -2.13. The number of benzene rings is 2. The van der Waals surface area contributed by atoms with Crippen LogP contribution in [-0.4, -0.2) is 37.3 Å². The lowest BCUT2D eigenvalue weighted by Crippen LogP contribution is -2.02. The number of anilines is 2. The largest absolute Gasteiger partial charge is 0.493 e. The Bertz CT molecular complexity index is 910. The molecule has 0 unspecified atom stereocenters. The monoisotopic (exact) mass is 339 g/mol. The van der Waals surface area contributed by atoms with E-state index in [1.807, 2.05) is 6.07 Å². The van der Waals surface area contributed by atoms with Crippen LogP contribution in [-0.2, 0) is 4.74 Å². The van der Waals surface area contributed by atoms with Crippen LogP contribution in [0.1, 0.15) is 10.4 Å². The molecule has 7 heteroatoms. The van der Waals surface area contributed by atoms with Crippen molar-refractivity contribution in [2.24, 2.45) is 0 Å². The van der Waals surface area contributed by atoms with Gasteiger partial charge >= 0.3 is 5.97 Å². The van der Waals surface area contributed by atoms with Crippen LogP contribution in [0.2, 0.25) is 0 Å². The Morgan fingerprint density at radius 2 is 1.72 bits per heavy atom. The Balaban J connectivity index is 1.98. The molecule has 0 radical (unpaired) electrons. The van der Waals surface area contributed by atoms with Gasteiger partial charge in [0.2, 0.25) is 0 Å². The number of nitrogens with one attached hydrogen (secondary N) is 1. The summed E-state index contributed by atoms with van der Waals surface area (Å²) >= 11 is 0. The first-order valence-corrected chi connectivity index (χ1v) is 7.49. The van der Waals surface area contributed by atoms with Gasteiger partial charge in [0, 0.05) is 11.1 Å². The van der Waals surface area contributed by atoms with Gasteiger partial charge in [-0.3, -0.25) is 0 Å². The zero-order valence-corrected chi connectivity index (χ0v) is 14.1. The fraction of sp³-hybridized carbons (Fsp3) is 0.167. The number of aromatic nitrogens is 2. The third-order valence-electron chi connectivity index (χ3n) is 3.72. The Morgan fingerprint density at radius 1 is 0.960 bits per heavy atom. The van der Waals surface area contributed by atoms with E-state index < -0.39 is 0 Å². The highest BCUT2D eigenvalue weighted by atomic mass is 16.5. The molecule has 0 atom stereocenters. The van der Waals surface area contributed by atoms with Gasteiger partial charge in [-0.05, 0) is 36.4 Å². The normalized spacial score (nSPS) is 10.4.